The Morgan fingerprint density at radius 2 is 1.71 bits per heavy atom. The van der Waals surface area contributed by atoms with Crippen molar-refractivity contribution < 1.29 is 13.2 Å². The molecular formula is C29H30ClIN10O3S. The highest BCUT2D eigenvalue weighted by molar-refractivity contribution is 14.1. The quantitative estimate of drug-likeness (QED) is 0.133. The summed E-state index contributed by atoms with van der Waals surface area (Å²) < 4.78 is 26.6. The Kier molecular flexibility index (Phi) is 9.41. The lowest BCUT2D eigenvalue weighted by Gasteiger charge is -2.19. The lowest BCUT2D eigenvalue weighted by Crippen LogP contribution is -2.20. The first kappa shape index (κ1) is 32.3. The highest BCUT2D eigenvalue weighted by atomic mass is 127. The van der Waals surface area contributed by atoms with Crippen molar-refractivity contribution in [2.45, 2.75) is 36.7 Å². The number of halogens is 2. The molecule has 0 spiro atoms. The van der Waals surface area contributed by atoms with E-state index in [9.17, 15) is 13.2 Å². The van der Waals surface area contributed by atoms with Gasteiger partial charge in [-0.05, 0) is 72.2 Å². The summed E-state index contributed by atoms with van der Waals surface area (Å²) >= 11 is 7.56. The van der Waals surface area contributed by atoms with E-state index in [0.717, 1.165) is 36.0 Å². The van der Waals surface area contributed by atoms with E-state index >= 15 is 0 Å². The van der Waals surface area contributed by atoms with Gasteiger partial charge in [0.1, 0.15) is 41.1 Å². The maximum absolute atomic E-state index is 12.6. The fourth-order valence-corrected chi connectivity index (χ4v) is 5.83. The van der Waals surface area contributed by atoms with Gasteiger partial charge in [-0.2, -0.15) is 0 Å². The molecule has 1 atom stereocenters. The van der Waals surface area contributed by atoms with E-state index in [1.165, 1.54) is 24.8 Å². The molecular weight excluding hydrogens is 731 g/mol. The van der Waals surface area contributed by atoms with Gasteiger partial charge in [0, 0.05) is 19.3 Å². The first-order chi connectivity index (χ1) is 21.4. The third kappa shape index (κ3) is 6.94. The van der Waals surface area contributed by atoms with E-state index in [0.29, 0.717) is 37.0 Å². The first-order valence-electron chi connectivity index (χ1n) is 13.7. The summed E-state index contributed by atoms with van der Waals surface area (Å²) in [6.07, 6.45) is 5.92. The topological polar surface area (TPSA) is 197 Å². The van der Waals surface area contributed by atoms with Gasteiger partial charge in [-0.15, -0.1) is 0 Å². The van der Waals surface area contributed by atoms with Crippen LogP contribution in [0.1, 0.15) is 48.0 Å². The van der Waals surface area contributed by atoms with Crippen LogP contribution in [0.25, 0.3) is 22.2 Å². The number of rotatable bonds is 7. The average molecular weight is 761 g/mol. The third-order valence-corrected chi connectivity index (χ3v) is 9.88. The highest BCUT2D eigenvalue weighted by Gasteiger charge is 2.32. The fraction of sp³-hybridized carbons (Fsp3) is 0.241. The number of nitrogens with zero attached hydrogens (tertiary/aromatic N) is 6. The molecule has 6 rings (SSSR count). The van der Waals surface area contributed by atoms with E-state index in [1.54, 1.807) is 19.2 Å². The largest absolute Gasteiger partial charge is 0.383 e. The number of carbonyl (C=O) groups excluding carboxylic acids is 1. The standard InChI is InChI=1S/C25H27N7O3S.C4H3ClIN3/c1-14(24-31-19-6-4-5-18(25(33)27-2)21(19)32(24)16-9-10-16)30-23-20(22(26)28-13-29-23)15-7-11-17(12-8-15)36(3,34)35;5-3-2(6)4(7)9-1-8-3/h4-8,11-14,16H,9-10H2,1-3H3,(H,27,33)(H3,26,28,29,30);1H,(H2,7,8,9)/t14-;/m0./s1. The number of aromatic nitrogens is 6. The summed E-state index contributed by atoms with van der Waals surface area (Å²) in [5.74, 6) is 1.83. The number of amides is 1. The molecule has 0 bridgehead atoms. The fourth-order valence-electron chi connectivity index (χ4n) is 4.78. The van der Waals surface area contributed by atoms with Crippen LogP contribution in [0.15, 0.2) is 60.0 Å². The van der Waals surface area contributed by atoms with Crippen LogP contribution in [0.3, 0.4) is 0 Å². The van der Waals surface area contributed by atoms with Gasteiger partial charge in [0.05, 0.1) is 36.7 Å². The van der Waals surface area contributed by atoms with Crippen molar-refractivity contribution in [1.82, 2.24) is 34.8 Å². The van der Waals surface area contributed by atoms with E-state index in [4.69, 9.17) is 28.1 Å². The second-order valence-electron chi connectivity index (χ2n) is 10.3. The Labute approximate surface area is 278 Å². The molecule has 0 unspecified atom stereocenters. The van der Waals surface area contributed by atoms with E-state index in [2.05, 4.69) is 35.1 Å². The van der Waals surface area contributed by atoms with Crippen LogP contribution in [0.4, 0.5) is 17.5 Å². The molecule has 2 aromatic carbocycles. The molecule has 16 heteroatoms. The number of para-hydroxylation sites is 1. The van der Waals surface area contributed by atoms with Crippen LogP contribution >= 0.6 is 34.2 Å². The van der Waals surface area contributed by atoms with E-state index < -0.39 is 9.84 Å². The minimum Gasteiger partial charge on any atom is -0.383 e. The summed E-state index contributed by atoms with van der Waals surface area (Å²) in [5, 5.41) is 6.55. The number of anilines is 3. The van der Waals surface area contributed by atoms with Gasteiger partial charge in [0.15, 0.2) is 9.84 Å². The second-order valence-corrected chi connectivity index (χ2v) is 13.8. The number of fused-ring (bicyclic) bond motifs is 1. The smallest absolute Gasteiger partial charge is 0.253 e. The Morgan fingerprint density at radius 1 is 1.04 bits per heavy atom. The predicted octanol–water partition coefficient (Wildman–Crippen LogP) is 4.66. The van der Waals surface area contributed by atoms with Gasteiger partial charge in [0.25, 0.3) is 5.91 Å². The van der Waals surface area contributed by atoms with Crippen LogP contribution in [0.2, 0.25) is 5.15 Å². The molecule has 1 fully saturated rings. The Hall–Kier alpha value is -4.09. The Morgan fingerprint density at radius 3 is 2.31 bits per heavy atom. The minimum atomic E-state index is -3.33. The van der Waals surface area contributed by atoms with Gasteiger partial charge in [-0.1, -0.05) is 29.8 Å². The zero-order chi connectivity index (χ0) is 32.5. The molecule has 13 nitrogen and oxygen atoms in total. The predicted molar refractivity (Wildman–Crippen MR) is 183 cm³/mol. The number of sulfone groups is 1. The first-order valence-corrected chi connectivity index (χ1v) is 17.1. The number of imidazole rings is 1. The summed E-state index contributed by atoms with van der Waals surface area (Å²) in [5.41, 5.74) is 15.0. The average Bonchev–Trinajstić information content (AvgIpc) is 3.78. The number of carbonyl (C=O) groups is 1. The van der Waals surface area contributed by atoms with Crippen LogP contribution in [0, 0.1) is 3.57 Å². The molecule has 0 radical (unpaired) electrons. The summed E-state index contributed by atoms with van der Waals surface area (Å²) in [6, 6.07) is 12.0. The van der Waals surface area contributed by atoms with Crippen LogP contribution in [0.5, 0.6) is 0 Å². The lowest BCUT2D eigenvalue weighted by molar-refractivity contribution is 0.0964. The molecule has 6 N–H and O–H groups in total. The minimum absolute atomic E-state index is 0.155. The van der Waals surface area contributed by atoms with E-state index in [1.807, 2.05) is 47.7 Å². The zero-order valence-electron chi connectivity index (χ0n) is 24.5. The molecule has 234 valence electrons. The number of nitrogens with one attached hydrogen (secondary N) is 2. The maximum atomic E-state index is 12.6. The van der Waals surface area contributed by atoms with Crippen molar-refractivity contribution in [3.63, 3.8) is 0 Å². The monoisotopic (exact) mass is 760 g/mol. The van der Waals surface area contributed by atoms with Gasteiger partial charge in [-0.3, -0.25) is 4.79 Å². The van der Waals surface area contributed by atoms with E-state index in [-0.39, 0.29) is 28.7 Å². The molecule has 1 aliphatic carbocycles. The van der Waals surface area contributed by atoms with Crippen LogP contribution in [-0.2, 0) is 9.84 Å². The van der Waals surface area contributed by atoms with Gasteiger partial charge >= 0.3 is 0 Å². The number of nitrogen functional groups attached to an aromatic ring is 2. The molecule has 5 aromatic rings. The molecule has 1 amide bonds. The molecule has 0 saturated heterocycles. The Bertz CT molecular complexity index is 1980. The number of hydrogen-bond acceptors (Lipinski definition) is 11. The van der Waals surface area contributed by atoms with Gasteiger partial charge in [0.2, 0.25) is 0 Å². The number of benzene rings is 2. The highest BCUT2D eigenvalue weighted by Crippen LogP contribution is 2.42. The Balaban J connectivity index is 0.000000383. The van der Waals surface area contributed by atoms with Gasteiger partial charge in [-0.25, -0.2) is 33.3 Å². The van der Waals surface area contributed by atoms with Crippen molar-refractivity contribution in [3.8, 4) is 11.1 Å². The van der Waals surface area contributed by atoms with Crippen molar-refractivity contribution in [2.24, 2.45) is 0 Å². The zero-order valence-corrected chi connectivity index (χ0v) is 28.2. The number of hydrogen-bond donors (Lipinski definition) is 4. The molecule has 1 saturated carbocycles. The van der Waals surface area contributed by atoms with Crippen molar-refractivity contribution in [1.29, 1.82) is 0 Å². The van der Waals surface area contributed by atoms with Crippen molar-refractivity contribution in [2.75, 3.05) is 30.1 Å². The lowest BCUT2D eigenvalue weighted by atomic mass is 10.1. The van der Waals surface area contributed by atoms with Gasteiger partial charge < -0.3 is 26.7 Å². The molecule has 1 aliphatic rings. The summed E-state index contributed by atoms with van der Waals surface area (Å²) in [4.78, 5) is 33.7. The summed E-state index contributed by atoms with van der Waals surface area (Å²) in [7, 11) is -1.71. The SMILES string of the molecule is CNC(=O)c1cccc2nc([C@H](C)Nc3ncnc(N)c3-c3ccc(S(C)(=O)=O)cc3)n(C3CC3)c12.Nc1ncnc(Cl)c1I. The normalized spacial score (nSPS) is 13.5. The molecule has 3 aromatic heterocycles. The summed E-state index contributed by atoms with van der Waals surface area (Å²) in [6.45, 7) is 1.98. The van der Waals surface area contributed by atoms with Crippen molar-refractivity contribution in [3.05, 3.63) is 75.2 Å². The second kappa shape index (κ2) is 13.1. The molecule has 3 heterocycles. The van der Waals surface area contributed by atoms with Crippen LogP contribution < -0.4 is 22.1 Å². The number of nitrogens with two attached hydrogens (primary N) is 2. The molecule has 0 aliphatic heterocycles. The molecule has 45 heavy (non-hydrogen) atoms. The van der Waals surface area contributed by atoms with Crippen molar-refractivity contribution >= 4 is 78.4 Å². The van der Waals surface area contributed by atoms with Crippen LogP contribution in [-0.4, -0.2) is 57.1 Å². The maximum Gasteiger partial charge on any atom is 0.253 e. The third-order valence-electron chi connectivity index (χ3n) is 7.08.